The normalized spacial score (nSPS) is 10.7. The Kier molecular flexibility index (Phi) is 12.7. The van der Waals surface area contributed by atoms with Crippen molar-refractivity contribution in [2.75, 3.05) is 6.61 Å². The molecule has 0 unspecified atom stereocenters. The van der Waals surface area contributed by atoms with Gasteiger partial charge in [0, 0.05) is 17.3 Å². The third-order valence-corrected chi connectivity index (χ3v) is 4.71. The Morgan fingerprint density at radius 1 is 0.857 bits per heavy atom. The molecule has 0 spiro atoms. The molecule has 0 amide bonds. The molecule has 1 aromatic rings. The number of benzene rings is 1. The van der Waals surface area contributed by atoms with Crippen molar-refractivity contribution in [3.8, 4) is 0 Å². The number of ether oxygens (including phenoxy) is 2. The van der Waals surface area contributed by atoms with E-state index in [1.54, 1.807) is 0 Å². The Bertz CT molecular complexity index is 599. The van der Waals surface area contributed by atoms with Gasteiger partial charge in [-0.1, -0.05) is 55.0 Å². The summed E-state index contributed by atoms with van der Waals surface area (Å²) >= 11 is 3.00. The second kappa shape index (κ2) is 14.5. The summed E-state index contributed by atoms with van der Waals surface area (Å²) < 4.78 is 37.6. The third-order valence-electron chi connectivity index (χ3n) is 4.26. The van der Waals surface area contributed by atoms with E-state index in [9.17, 15) is 18.4 Å². The van der Waals surface area contributed by atoms with Crippen LogP contribution in [0.2, 0.25) is 0 Å². The molecule has 0 saturated heterocycles. The van der Waals surface area contributed by atoms with E-state index in [0.29, 0.717) is 23.9 Å². The van der Waals surface area contributed by atoms with E-state index in [2.05, 4.69) is 22.9 Å². The largest absolute Gasteiger partial charge is 0.466 e. The SMILES string of the molecule is CCCCOC(=O)CCCCCCCCC(=O)OCc1c(F)cc(Br)cc1F. The minimum absolute atomic E-state index is 0.130. The Balaban J connectivity index is 2.03. The first-order valence-electron chi connectivity index (χ1n) is 9.88. The first-order chi connectivity index (χ1) is 13.4. The molecule has 0 aliphatic heterocycles. The van der Waals surface area contributed by atoms with E-state index in [-0.39, 0.29) is 18.0 Å². The number of carbonyl (C=O) groups excluding carboxylic acids is 2. The Labute approximate surface area is 174 Å². The molecule has 4 nitrogen and oxygen atoms in total. The number of rotatable bonds is 14. The molecule has 0 bridgehead atoms. The predicted octanol–water partition coefficient (Wildman–Crippen LogP) is 6.23. The average Bonchev–Trinajstić information content (AvgIpc) is 2.63. The number of unbranched alkanes of at least 4 members (excludes halogenated alkanes) is 6. The summed E-state index contributed by atoms with van der Waals surface area (Å²) in [5, 5.41) is 0. The van der Waals surface area contributed by atoms with E-state index >= 15 is 0 Å². The van der Waals surface area contributed by atoms with Gasteiger partial charge in [0.15, 0.2) is 0 Å². The summed E-state index contributed by atoms with van der Waals surface area (Å²) in [6.45, 7) is 2.15. The smallest absolute Gasteiger partial charge is 0.306 e. The molecule has 0 saturated carbocycles. The fourth-order valence-electron chi connectivity index (χ4n) is 2.58. The van der Waals surface area contributed by atoms with Crippen LogP contribution in [0.5, 0.6) is 0 Å². The highest BCUT2D eigenvalue weighted by molar-refractivity contribution is 9.10. The van der Waals surface area contributed by atoms with Gasteiger partial charge in [0.25, 0.3) is 0 Å². The third kappa shape index (κ3) is 10.7. The summed E-state index contributed by atoms with van der Waals surface area (Å²) in [6.07, 6.45) is 7.87. The van der Waals surface area contributed by atoms with Crippen LogP contribution in [0.4, 0.5) is 8.78 Å². The maximum atomic E-state index is 13.7. The summed E-state index contributed by atoms with van der Waals surface area (Å²) in [5.74, 6) is -2.07. The van der Waals surface area contributed by atoms with Crippen molar-refractivity contribution in [3.05, 3.63) is 33.8 Å². The van der Waals surface area contributed by atoms with Crippen LogP contribution in [-0.4, -0.2) is 18.5 Å². The van der Waals surface area contributed by atoms with E-state index in [4.69, 9.17) is 9.47 Å². The zero-order valence-electron chi connectivity index (χ0n) is 16.4. The van der Waals surface area contributed by atoms with Crippen LogP contribution in [-0.2, 0) is 25.7 Å². The predicted molar refractivity (Wildman–Crippen MR) is 107 cm³/mol. The molecular weight excluding hydrogens is 434 g/mol. The zero-order chi connectivity index (χ0) is 20.8. The van der Waals surface area contributed by atoms with Crippen LogP contribution >= 0.6 is 15.9 Å². The first-order valence-corrected chi connectivity index (χ1v) is 10.7. The summed E-state index contributed by atoms with van der Waals surface area (Å²) in [4.78, 5) is 23.1. The van der Waals surface area contributed by atoms with Gasteiger partial charge in [-0.25, -0.2) is 8.78 Å². The van der Waals surface area contributed by atoms with Crippen LogP contribution in [0.3, 0.4) is 0 Å². The summed E-state index contributed by atoms with van der Waals surface area (Å²) in [5.41, 5.74) is -0.246. The minimum atomic E-state index is -0.742. The van der Waals surface area contributed by atoms with Gasteiger partial charge in [-0.05, 0) is 31.4 Å². The highest BCUT2D eigenvalue weighted by Gasteiger charge is 2.13. The molecule has 1 rings (SSSR count). The monoisotopic (exact) mass is 462 g/mol. The van der Waals surface area contributed by atoms with Crippen LogP contribution < -0.4 is 0 Å². The second-order valence-electron chi connectivity index (χ2n) is 6.70. The highest BCUT2D eigenvalue weighted by atomic mass is 79.9. The fraction of sp³-hybridized carbons (Fsp3) is 0.619. The van der Waals surface area contributed by atoms with E-state index < -0.39 is 24.2 Å². The van der Waals surface area contributed by atoms with Crippen LogP contribution in [0, 0.1) is 11.6 Å². The lowest BCUT2D eigenvalue weighted by Crippen LogP contribution is -2.07. The van der Waals surface area contributed by atoms with Crippen LogP contribution in [0.1, 0.15) is 76.7 Å². The molecule has 0 aliphatic carbocycles. The van der Waals surface area contributed by atoms with Gasteiger partial charge in [0.1, 0.15) is 18.2 Å². The van der Waals surface area contributed by atoms with Crippen molar-refractivity contribution in [1.29, 1.82) is 0 Å². The number of hydrogen-bond acceptors (Lipinski definition) is 4. The first kappa shape index (κ1) is 24.5. The van der Waals surface area contributed by atoms with Crippen molar-refractivity contribution in [3.63, 3.8) is 0 Å². The molecule has 0 radical (unpaired) electrons. The minimum Gasteiger partial charge on any atom is -0.466 e. The molecule has 0 atom stereocenters. The maximum Gasteiger partial charge on any atom is 0.306 e. The second-order valence-corrected chi connectivity index (χ2v) is 7.62. The molecular formula is C21H29BrF2O4. The maximum absolute atomic E-state index is 13.7. The van der Waals surface area contributed by atoms with Gasteiger partial charge in [-0.3, -0.25) is 9.59 Å². The average molecular weight is 463 g/mol. The molecule has 0 heterocycles. The van der Waals surface area contributed by atoms with Crippen molar-refractivity contribution < 1.29 is 27.8 Å². The highest BCUT2D eigenvalue weighted by Crippen LogP contribution is 2.20. The quantitative estimate of drug-likeness (QED) is 0.242. The van der Waals surface area contributed by atoms with Crippen molar-refractivity contribution in [1.82, 2.24) is 0 Å². The van der Waals surface area contributed by atoms with E-state index in [0.717, 1.165) is 57.1 Å². The van der Waals surface area contributed by atoms with Crippen LogP contribution in [0.25, 0.3) is 0 Å². The van der Waals surface area contributed by atoms with Gasteiger partial charge in [0.05, 0.1) is 12.2 Å². The van der Waals surface area contributed by atoms with Gasteiger partial charge in [0.2, 0.25) is 0 Å². The van der Waals surface area contributed by atoms with E-state index in [1.165, 1.54) is 0 Å². The molecule has 158 valence electrons. The van der Waals surface area contributed by atoms with Gasteiger partial charge in [-0.2, -0.15) is 0 Å². The number of hydrogen-bond donors (Lipinski definition) is 0. The molecule has 0 fully saturated rings. The Hall–Kier alpha value is -1.50. The lowest BCUT2D eigenvalue weighted by atomic mass is 10.1. The number of halogens is 3. The van der Waals surface area contributed by atoms with Gasteiger partial charge >= 0.3 is 11.9 Å². The fourth-order valence-corrected chi connectivity index (χ4v) is 2.99. The van der Waals surface area contributed by atoms with Crippen molar-refractivity contribution >= 4 is 27.9 Å². The molecule has 0 aromatic heterocycles. The molecule has 7 heteroatoms. The number of esters is 2. The lowest BCUT2D eigenvalue weighted by molar-refractivity contribution is -0.145. The lowest BCUT2D eigenvalue weighted by Gasteiger charge is -2.08. The topological polar surface area (TPSA) is 52.6 Å². The summed E-state index contributed by atoms with van der Waals surface area (Å²) in [7, 11) is 0. The van der Waals surface area contributed by atoms with Gasteiger partial charge < -0.3 is 9.47 Å². The standard InChI is InChI=1S/C21H29BrF2O4/c1-2-3-12-27-20(25)10-8-6-4-5-7-9-11-21(26)28-15-17-18(23)13-16(22)14-19(17)24/h13-14H,2-12,15H2,1H3. The van der Waals surface area contributed by atoms with Crippen molar-refractivity contribution in [2.45, 2.75) is 77.7 Å². The summed E-state index contributed by atoms with van der Waals surface area (Å²) in [6, 6.07) is 2.27. The number of carbonyl (C=O) groups is 2. The van der Waals surface area contributed by atoms with Crippen LogP contribution in [0.15, 0.2) is 16.6 Å². The van der Waals surface area contributed by atoms with Crippen molar-refractivity contribution in [2.24, 2.45) is 0 Å². The van der Waals surface area contributed by atoms with Gasteiger partial charge in [-0.15, -0.1) is 0 Å². The Morgan fingerprint density at radius 3 is 1.89 bits per heavy atom. The molecule has 0 aliphatic rings. The molecule has 28 heavy (non-hydrogen) atoms. The Morgan fingerprint density at radius 2 is 1.36 bits per heavy atom. The molecule has 1 aromatic carbocycles. The zero-order valence-corrected chi connectivity index (χ0v) is 18.0. The van der Waals surface area contributed by atoms with E-state index in [1.807, 2.05) is 0 Å². The molecule has 0 N–H and O–H groups in total.